The first-order valence-electron chi connectivity index (χ1n) is 11.9. The van der Waals surface area contributed by atoms with Gasteiger partial charge in [-0.25, -0.2) is 18.0 Å². The van der Waals surface area contributed by atoms with E-state index in [0.29, 0.717) is 39.8 Å². The van der Waals surface area contributed by atoms with Crippen LogP contribution in [0.25, 0.3) is 27.7 Å². The van der Waals surface area contributed by atoms with Gasteiger partial charge in [0.1, 0.15) is 17.1 Å². The molecule has 0 bridgehead atoms. The van der Waals surface area contributed by atoms with Gasteiger partial charge in [0.2, 0.25) is 11.8 Å². The fourth-order valence-corrected chi connectivity index (χ4v) is 5.18. The first-order chi connectivity index (χ1) is 17.0. The van der Waals surface area contributed by atoms with E-state index in [4.69, 9.17) is 9.47 Å². The molecule has 1 aliphatic heterocycles. The Morgan fingerprint density at radius 3 is 2.69 bits per heavy atom. The topological polar surface area (TPSA) is 91.4 Å². The zero-order valence-corrected chi connectivity index (χ0v) is 19.6. The Hall–Kier alpha value is -3.34. The van der Waals surface area contributed by atoms with E-state index in [0.717, 1.165) is 50.0 Å². The second kappa shape index (κ2) is 8.40. The molecule has 1 saturated heterocycles. The molecule has 6 rings (SSSR count). The lowest BCUT2D eigenvalue weighted by molar-refractivity contribution is -0.131. The highest BCUT2D eigenvalue weighted by atomic mass is 19.3. The van der Waals surface area contributed by atoms with Gasteiger partial charge in [-0.15, -0.1) is 10.2 Å². The standard InChI is InChI=1S/C24H27F2N7O2/c1-14(21(25)26)33-19-11-15(3-4-18(19)29-31-33)17-7-10-32-20(17)22(34-2)28-23(30-32)27-16-5-8-24(9-6-16)12-35-13-24/h3-4,7,10-11,14,16,21H,5-6,8-9,12-13H2,1-2H3,(H,27,30)/t14-/m1/s1. The van der Waals surface area contributed by atoms with E-state index in [1.165, 1.54) is 11.6 Å². The number of aromatic nitrogens is 6. The number of rotatable bonds is 6. The summed E-state index contributed by atoms with van der Waals surface area (Å²) in [6.07, 6.45) is 3.72. The molecule has 0 radical (unpaired) electrons. The highest BCUT2D eigenvalue weighted by Gasteiger charge is 2.41. The number of hydrogen-bond acceptors (Lipinski definition) is 7. The highest BCUT2D eigenvalue weighted by molar-refractivity contribution is 5.89. The minimum Gasteiger partial charge on any atom is -0.479 e. The molecule has 4 heterocycles. The highest BCUT2D eigenvalue weighted by Crippen LogP contribution is 2.43. The average Bonchev–Trinajstić information content (AvgIpc) is 3.46. The maximum Gasteiger partial charge on any atom is 0.260 e. The van der Waals surface area contributed by atoms with E-state index in [9.17, 15) is 8.78 Å². The second-order valence-corrected chi connectivity index (χ2v) is 9.69. The summed E-state index contributed by atoms with van der Waals surface area (Å²) in [7, 11) is 1.58. The van der Waals surface area contributed by atoms with Crippen molar-refractivity contribution in [3.8, 4) is 17.0 Å². The molecule has 9 nitrogen and oxygen atoms in total. The van der Waals surface area contributed by atoms with Crippen LogP contribution in [0.15, 0.2) is 30.5 Å². The molecule has 0 amide bonds. The number of nitrogens with zero attached hydrogens (tertiary/aromatic N) is 6. The molecule has 184 valence electrons. The van der Waals surface area contributed by atoms with Gasteiger partial charge in [-0.2, -0.15) is 4.98 Å². The molecule has 1 spiro atoms. The van der Waals surface area contributed by atoms with Gasteiger partial charge in [-0.1, -0.05) is 11.3 Å². The summed E-state index contributed by atoms with van der Waals surface area (Å²) >= 11 is 0. The lowest BCUT2D eigenvalue weighted by Gasteiger charge is -2.46. The van der Waals surface area contributed by atoms with E-state index in [1.807, 2.05) is 24.4 Å². The summed E-state index contributed by atoms with van der Waals surface area (Å²) in [5.41, 5.74) is 3.83. The van der Waals surface area contributed by atoms with Crippen LogP contribution < -0.4 is 10.1 Å². The van der Waals surface area contributed by atoms with Crippen molar-refractivity contribution in [2.24, 2.45) is 5.41 Å². The summed E-state index contributed by atoms with van der Waals surface area (Å²) in [5.74, 6) is 0.959. The molecule has 11 heteroatoms. The first-order valence-corrected chi connectivity index (χ1v) is 11.9. The maximum atomic E-state index is 13.3. The van der Waals surface area contributed by atoms with Crippen LogP contribution in [0, 0.1) is 5.41 Å². The summed E-state index contributed by atoms with van der Waals surface area (Å²) in [6, 6.07) is 6.63. The number of halogens is 2. The summed E-state index contributed by atoms with van der Waals surface area (Å²) < 4.78 is 40.7. The SMILES string of the molecule is COc1nc(NC2CCC3(CC2)COC3)nn2ccc(-c3ccc4nnn([C@H](C)C(F)F)c4c3)c12. The second-order valence-electron chi connectivity index (χ2n) is 9.69. The molecule has 3 aromatic heterocycles. The summed E-state index contributed by atoms with van der Waals surface area (Å²) in [5, 5.41) is 16.1. The quantitative estimate of drug-likeness (QED) is 0.436. The lowest BCUT2D eigenvalue weighted by Crippen LogP contribution is -2.47. The Morgan fingerprint density at radius 1 is 1.20 bits per heavy atom. The molecule has 1 N–H and O–H groups in total. The summed E-state index contributed by atoms with van der Waals surface area (Å²) in [6.45, 7) is 3.19. The van der Waals surface area contributed by atoms with Crippen molar-refractivity contribution >= 4 is 22.5 Å². The van der Waals surface area contributed by atoms with E-state index >= 15 is 0 Å². The van der Waals surface area contributed by atoms with Crippen LogP contribution in [0.3, 0.4) is 0 Å². The third-order valence-corrected chi connectivity index (χ3v) is 7.40. The van der Waals surface area contributed by atoms with E-state index in [2.05, 4.69) is 25.7 Å². The number of anilines is 1. The Bertz CT molecular complexity index is 1370. The molecule has 1 aliphatic carbocycles. The van der Waals surface area contributed by atoms with E-state index in [-0.39, 0.29) is 0 Å². The minimum absolute atomic E-state index is 0.311. The fraction of sp³-hybridized carbons (Fsp3) is 0.500. The van der Waals surface area contributed by atoms with Crippen LogP contribution in [0.1, 0.15) is 38.6 Å². The molecule has 35 heavy (non-hydrogen) atoms. The smallest absolute Gasteiger partial charge is 0.260 e. The van der Waals surface area contributed by atoms with Crippen molar-refractivity contribution in [2.45, 2.75) is 51.1 Å². The zero-order chi connectivity index (χ0) is 24.2. The number of alkyl halides is 2. The van der Waals surface area contributed by atoms with Gasteiger partial charge >= 0.3 is 0 Å². The van der Waals surface area contributed by atoms with E-state index in [1.54, 1.807) is 17.7 Å². The van der Waals surface area contributed by atoms with Crippen molar-refractivity contribution in [3.63, 3.8) is 0 Å². The number of nitrogens with one attached hydrogen (secondary N) is 1. The van der Waals surface area contributed by atoms with Crippen molar-refractivity contribution in [1.82, 2.24) is 29.6 Å². The van der Waals surface area contributed by atoms with Gasteiger partial charge in [-0.3, -0.25) is 0 Å². The van der Waals surface area contributed by atoms with Gasteiger partial charge in [0.05, 0.1) is 25.8 Å². The largest absolute Gasteiger partial charge is 0.479 e. The zero-order valence-electron chi connectivity index (χ0n) is 19.6. The number of ether oxygens (including phenoxy) is 2. The van der Waals surface area contributed by atoms with Crippen LogP contribution in [0.2, 0.25) is 0 Å². The molecule has 1 atom stereocenters. The Labute approximate surface area is 200 Å². The Morgan fingerprint density at radius 2 is 2.00 bits per heavy atom. The Balaban J connectivity index is 1.32. The van der Waals surface area contributed by atoms with Crippen molar-refractivity contribution < 1.29 is 18.3 Å². The van der Waals surface area contributed by atoms with Crippen molar-refractivity contribution in [1.29, 1.82) is 0 Å². The fourth-order valence-electron chi connectivity index (χ4n) is 5.18. The normalized spacial score (nSPS) is 18.9. The third kappa shape index (κ3) is 3.78. The number of hydrogen-bond donors (Lipinski definition) is 1. The van der Waals surface area contributed by atoms with Crippen LogP contribution >= 0.6 is 0 Å². The Kier molecular flexibility index (Phi) is 5.32. The average molecular weight is 484 g/mol. The molecule has 1 aromatic carbocycles. The summed E-state index contributed by atoms with van der Waals surface area (Å²) in [4.78, 5) is 4.64. The molecular weight excluding hydrogens is 456 g/mol. The van der Waals surface area contributed by atoms with Gasteiger partial charge in [-0.05, 0) is 56.4 Å². The van der Waals surface area contributed by atoms with Crippen LogP contribution in [0.4, 0.5) is 14.7 Å². The maximum absolute atomic E-state index is 13.3. The minimum atomic E-state index is -2.55. The predicted octanol–water partition coefficient (Wildman–Crippen LogP) is 4.35. The molecule has 2 aliphatic rings. The molecule has 1 saturated carbocycles. The van der Waals surface area contributed by atoms with E-state index < -0.39 is 12.5 Å². The molecular formula is C24H27F2N7O2. The van der Waals surface area contributed by atoms with Gasteiger partial charge in [0, 0.05) is 23.2 Å². The number of benzene rings is 1. The number of fused-ring (bicyclic) bond motifs is 2. The van der Waals surface area contributed by atoms with Crippen LogP contribution in [0.5, 0.6) is 5.88 Å². The van der Waals surface area contributed by atoms with Crippen LogP contribution in [-0.2, 0) is 4.74 Å². The predicted molar refractivity (Wildman–Crippen MR) is 126 cm³/mol. The first kappa shape index (κ1) is 22.1. The molecule has 4 aromatic rings. The number of methoxy groups -OCH3 is 1. The molecule has 0 unspecified atom stereocenters. The van der Waals surface area contributed by atoms with Gasteiger partial charge in [0.25, 0.3) is 6.43 Å². The van der Waals surface area contributed by atoms with Gasteiger partial charge < -0.3 is 14.8 Å². The van der Waals surface area contributed by atoms with Crippen LogP contribution in [-0.4, -0.2) is 62.4 Å². The molecule has 2 fully saturated rings. The van der Waals surface area contributed by atoms with Crippen molar-refractivity contribution in [2.75, 3.05) is 25.6 Å². The monoisotopic (exact) mass is 483 g/mol. The van der Waals surface area contributed by atoms with Gasteiger partial charge in [0.15, 0.2) is 0 Å². The third-order valence-electron chi connectivity index (χ3n) is 7.40. The van der Waals surface area contributed by atoms with Crippen molar-refractivity contribution in [3.05, 3.63) is 30.5 Å². The lowest BCUT2D eigenvalue weighted by atomic mass is 9.71.